The third-order valence-corrected chi connectivity index (χ3v) is 5.75. The van der Waals surface area contributed by atoms with Gasteiger partial charge in [-0.05, 0) is 30.0 Å². The second-order valence-electron chi connectivity index (χ2n) is 7.62. The molecule has 0 atom stereocenters. The van der Waals surface area contributed by atoms with Crippen molar-refractivity contribution in [3.8, 4) is 11.1 Å². The van der Waals surface area contributed by atoms with Crippen LogP contribution in [0.2, 0.25) is 5.02 Å². The van der Waals surface area contributed by atoms with Crippen LogP contribution in [0.1, 0.15) is 44.0 Å². The summed E-state index contributed by atoms with van der Waals surface area (Å²) in [4.78, 5) is 29.4. The summed E-state index contributed by atoms with van der Waals surface area (Å²) >= 11 is 7.24. The maximum atomic E-state index is 12.6. The molecular weight excluding hydrogens is 410 g/mol. The number of carbonyl (C=O) groups is 2. The van der Waals surface area contributed by atoms with E-state index in [1.165, 1.54) is 17.6 Å². The fourth-order valence-corrected chi connectivity index (χ4v) is 4.29. The minimum atomic E-state index is -0.486. The molecule has 1 aliphatic rings. The Kier molecular flexibility index (Phi) is 6.24. The molecule has 5 nitrogen and oxygen atoms in total. The highest BCUT2D eigenvalue weighted by Gasteiger charge is 2.32. The van der Waals surface area contributed by atoms with Gasteiger partial charge in [0.25, 0.3) is 0 Å². The normalized spacial score (nSPS) is 16.5. The number of aliphatic hydroxyl groups is 1. The number of aliphatic hydroxyl groups excluding tert-OH is 1. The Morgan fingerprint density at radius 2 is 2.00 bits per heavy atom. The molecule has 29 heavy (non-hydrogen) atoms. The number of ketones is 1. The second kappa shape index (κ2) is 8.51. The van der Waals surface area contributed by atoms with Crippen molar-refractivity contribution in [2.45, 2.75) is 33.6 Å². The number of allylic oxidation sites excluding steroid dienone is 2. The van der Waals surface area contributed by atoms with Crippen molar-refractivity contribution in [1.82, 2.24) is 0 Å². The van der Waals surface area contributed by atoms with Gasteiger partial charge in [0.15, 0.2) is 5.78 Å². The predicted octanol–water partition coefficient (Wildman–Crippen LogP) is 6.15. The maximum absolute atomic E-state index is 12.6. The van der Waals surface area contributed by atoms with Crippen LogP contribution in [0.5, 0.6) is 0 Å². The molecule has 0 radical (unpaired) electrons. The molecule has 0 amide bonds. The van der Waals surface area contributed by atoms with Gasteiger partial charge in [-0.25, -0.2) is 9.79 Å². The van der Waals surface area contributed by atoms with E-state index in [1.54, 1.807) is 19.1 Å². The van der Waals surface area contributed by atoms with E-state index >= 15 is 0 Å². The second-order valence-corrected chi connectivity index (χ2v) is 8.91. The Morgan fingerprint density at radius 3 is 2.62 bits per heavy atom. The Labute approximate surface area is 178 Å². The number of benzene rings is 1. The largest absolute Gasteiger partial charge is 0.511 e. The van der Waals surface area contributed by atoms with E-state index in [-0.39, 0.29) is 29.1 Å². The van der Waals surface area contributed by atoms with Gasteiger partial charge in [-0.3, -0.25) is 4.79 Å². The number of Topliss-reactive ketones (excluding diaryl/α,β-unsaturated/α-hetero) is 1. The SMILES string of the molecule is CCOC(=O)c1c(-c2ccc(Cl)cc2)csc1/N=C/C1=C(O)CC(C)(C)CC1=O. The molecule has 0 saturated carbocycles. The first-order chi connectivity index (χ1) is 13.7. The van der Waals surface area contributed by atoms with Gasteiger partial charge >= 0.3 is 5.97 Å². The summed E-state index contributed by atoms with van der Waals surface area (Å²) < 4.78 is 5.21. The smallest absolute Gasteiger partial charge is 0.341 e. The standard InChI is InChI=1S/C22H22ClNO4S/c1-4-28-21(27)19-16(13-5-7-14(23)8-6-13)12-29-20(19)24-11-15-17(25)9-22(2,3)10-18(15)26/h5-8,11-12,25H,4,9-10H2,1-3H3/b24-11+. The summed E-state index contributed by atoms with van der Waals surface area (Å²) in [7, 11) is 0. The van der Waals surface area contributed by atoms with Crippen LogP contribution in [0, 0.1) is 5.41 Å². The molecule has 7 heteroatoms. The van der Waals surface area contributed by atoms with Crippen molar-refractivity contribution in [3.05, 3.63) is 51.6 Å². The molecule has 3 rings (SSSR count). The number of thiophene rings is 1. The van der Waals surface area contributed by atoms with E-state index in [1.807, 2.05) is 31.4 Å². The van der Waals surface area contributed by atoms with E-state index in [0.29, 0.717) is 34.0 Å². The number of rotatable bonds is 5. The average molecular weight is 432 g/mol. The minimum absolute atomic E-state index is 0.0298. The summed E-state index contributed by atoms with van der Waals surface area (Å²) in [6.07, 6.45) is 2.10. The first-order valence-corrected chi connectivity index (χ1v) is 10.5. The van der Waals surface area contributed by atoms with Crippen molar-refractivity contribution < 1.29 is 19.4 Å². The molecule has 0 spiro atoms. The number of hydrogen-bond acceptors (Lipinski definition) is 6. The highest BCUT2D eigenvalue weighted by molar-refractivity contribution is 7.14. The number of nitrogens with zero attached hydrogens (tertiary/aromatic N) is 1. The zero-order valence-corrected chi connectivity index (χ0v) is 18.1. The molecule has 1 aromatic heterocycles. The van der Waals surface area contributed by atoms with E-state index in [9.17, 15) is 14.7 Å². The van der Waals surface area contributed by atoms with Gasteiger partial charge in [0.1, 0.15) is 16.3 Å². The quantitative estimate of drug-likeness (QED) is 0.455. The van der Waals surface area contributed by atoms with Gasteiger partial charge in [0.05, 0.1) is 12.2 Å². The van der Waals surface area contributed by atoms with Crippen LogP contribution in [0.15, 0.2) is 46.0 Å². The zero-order chi connectivity index (χ0) is 21.2. The summed E-state index contributed by atoms with van der Waals surface area (Å²) in [5, 5.41) is 13.1. The molecule has 1 heterocycles. The van der Waals surface area contributed by atoms with E-state index in [2.05, 4.69) is 4.99 Å². The van der Waals surface area contributed by atoms with Crippen LogP contribution in [-0.2, 0) is 9.53 Å². The number of halogens is 1. The lowest BCUT2D eigenvalue weighted by Gasteiger charge is -2.28. The molecule has 1 aliphatic carbocycles. The molecule has 0 fully saturated rings. The summed E-state index contributed by atoms with van der Waals surface area (Å²) in [6, 6.07) is 7.14. The van der Waals surface area contributed by atoms with E-state index in [0.717, 1.165) is 5.56 Å². The highest BCUT2D eigenvalue weighted by atomic mass is 35.5. The fraction of sp³-hybridized carbons (Fsp3) is 0.318. The van der Waals surface area contributed by atoms with Crippen molar-refractivity contribution >= 4 is 45.9 Å². The lowest BCUT2D eigenvalue weighted by molar-refractivity contribution is -0.117. The van der Waals surface area contributed by atoms with Crippen LogP contribution >= 0.6 is 22.9 Å². The molecule has 0 saturated heterocycles. The van der Waals surface area contributed by atoms with Crippen molar-refractivity contribution in [1.29, 1.82) is 0 Å². The number of esters is 1. The van der Waals surface area contributed by atoms with Gasteiger partial charge in [-0.1, -0.05) is 37.6 Å². The summed E-state index contributed by atoms with van der Waals surface area (Å²) in [5.41, 5.74) is 1.75. The lowest BCUT2D eigenvalue weighted by atomic mass is 9.77. The maximum Gasteiger partial charge on any atom is 0.341 e. The Hall–Kier alpha value is -2.44. The molecule has 0 unspecified atom stereocenters. The molecular formula is C22H22ClNO4S. The van der Waals surface area contributed by atoms with E-state index < -0.39 is 5.97 Å². The predicted molar refractivity (Wildman–Crippen MR) is 117 cm³/mol. The number of ether oxygens (including phenoxy) is 1. The number of carbonyl (C=O) groups excluding carboxylic acids is 2. The van der Waals surface area contributed by atoms with E-state index in [4.69, 9.17) is 16.3 Å². The zero-order valence-electron chi connectivity index (χ0n) is 16.5. The lowest BCUT2D eigenvalue weighted by Crippen LogP contribution is -2.26. The Morgan fingerprint density at radius 1 is 1.31 bits per heavy atom. The van der Waals surface area contributed by atoms with Crippen LogP contribution in [0.25, 0.3) is 11.1 Å². The van der Waals surface area contributed by atoms with Gasteiger partial charge in [-0.2, -0.15) is 0 Å². The van der Waals surface area contributed by atoms with Crippen molar-refractivity contribution in [2.24, 2.45) is 10.4 Å². The third-order valence-electron chi connectivity index (χ3n) is 4.61. The molecule has 0 aliphatic heterocycles. The van der Waals surface area contributed by atoms with Crippen molar-refractivity contribution in [2.75, 3.05) is 6.61 Å². The Balaban J connectivity index is 2.01. The molecule has 0 bridgehead atoms. The average Bonchev–Trinajstić information content (AvgIpc) is 3.05. The minimum Gasteiger partial charge on any atom is -0.511 e. The molecule has 1 aromatic carbocycles. The first kappa shape index (κ1) is 21.3. The van der Waals surface area contributed by atoms with Gasteiger partial charge in [0, 0.05) is 35.0 Å². The monoisotopic (exact) mass is 431 g/mol. The van der Waals surface area contributed by atoms with Gasteiger partial charge < -0.3 is 9.84 Å². The Bertz CT molecular complexity index is 1000. The van der Waals surface area contributed by atoms with Crippen LogP contribution < -0.4 is 0 Å². The molecule has 152 valence electrons. The number of hydrogen-bond donors (Lipinski definition) is 1. The van der Waals surface area contributed by atoms with Crippen LogP contribution in [-0.4, -0.2) is 29.7 Å². The van der Waals surface area contributed by atoms with Gasteiger partial charge in [-0.15, -0.1) is 11.3 Å². The van der Waals surface area contributed by atoms with Crippen LogP contribution in [0.4, 0.5) is 5.00 Å². The summed E-state index contributed by atoms with van der Waals surface area (Å²) in [5.74, 6) is -0.614. The van der Waals surface area contributed by atoms with Gasteiger partial charge in [0.2, 0.25) is 0 Å². The van der Waals surface area contributed by atoms with Crippen molar-refractivity contribution in [3.63, 3.8) is 0 Å². The molecule has 1 N–H and O–H groups in total. The topological polar surface area (TPSA) is 76.0 Å². The number of aliphatic imine (C=N–C) groups is 1. The third kappa shape index (κ3) is 4.77. The highest BCUT2D eigenvalue weighted by Crippen LogP contribution is 2.39. The fourth-order valence-electron chi connectivity index (χ4n) is 3.26. The summed E-state index contributed by atoms with van der Waals surface area (Å²) in [6.45, 7) is 5.84. The molecule has 2 aromatic rings. The van der Waals surface area contributed by atoms with Crippen LogP contribution in [0.3, 0.4) is 0 Å². The first-order valence-electron chi connectivity index (χ1n) is 9.26.